The largest absolute Gasteiger partial charge is 0.398 e. The average molecular weight is 246 g/mol. The Hall–Kier alpha value is -2.10. The highest BCUT2D eigenvalue weighted by Gasteiger charge is 2.23. The Morgan fingerprint density at radius 2 is 1.89 bits per heavy atom. The van der Waals surface area contributed by atoms with Crippen molar-refractivity contribution in [3.63, 3.8) is 0 Å². The van der Waals surface area contributed by atoms with Crippen LogP contribution in [0.2, 0.25) is 0 Å². The lowest BCUT2D eigenvalue weighted by atomic mass is 10.1. The molecule has 0 fully saturated rings. The highest BCUT2D eigenvalue weighted by atomic mass is 19.1. The predicted molar refractivity (Wildman–Crippen MR) is 67.1 cm³/mol. The molecule has 2 N–H and O–H groups in total. The summed E-state index contributed by atoms with van der Waals surface area (Å²) in [6.07, 6.45) is 0. The van der Waals surface area contributed by atoms with Gasteiger partial charge in [-0.3, -0.25) is 0 Å². The predicted octanol–water partition coefficient (Wildman–Crippen LogP) is 3.07. The van der Waals surface area contributed by atoms with E-state index in [-0.39, 0.29) is 5.69 Å². The van der Waals surface area contributed by atoms with E-state index in [1.807, 2.05) is 18.2 Å². The fraction of sp³-hybridized carbons (Fsp3) is 0.143. The molecule has 1 aliphatic heterocycles. The molecular formula is C14H12F2N2. The van der Waals surface area contributed by atoms with Gasteiger partial charge >= 0.3 is 0 Å². The number of fused-ring (bicyclic) bond motifs is 1. The summed E-state index contributed by atoms with van der Waals surface area (Å²) in [6.45, 7) is 1.07. The molecule has 92 valence electrons. The number of nitrogen functional groups attached to an aromatic ring is 1. The van der Waals surface area contributed by atoms with Crippen molar-refractivity contribution in [1.29, 1.82) is 0 Å². The van der Waals surface area contributed by atoms with E-state index in [0.29, 0.717) is 18.8 Å². The third-order valence-corrected chi connectivity index (χ3v) is 3.27. The minimum atomic E-state index is -0.435. The summed E-state index contributed by atoms with van der Waals surface area (Å²) in [5, 5.41) is 0. The van der Waals surface area contributed by atoms with Gasteiger partial charge in [-0.2, -0.15) is 0 Å². The molecule has 0 aromatic heterocycles. The SMILES string of the molecule is Nc1cccc2c1CN(c1cc(F)ccc1F)C2. The van der Waals surface area contributed by atoms with Gasteiger partial charge < -0.3 is 10.6 Å². The van der Waals surface area contributed by atoms with E-state index < -0.39 is 11.6 Å². The number of anilines is 2. The lowest BCUT2D eigenvalue weighted by Crippen LogP contribution is -2.16. The van der Waals surface area contributed by atoms with Crippen LogP contribution in [-0.4, -0.2) is 0 Å². The molecule has 0 unspecified atom stereocenters. The third kappa shape index (κ3) is 1.70. The van der Waals surface area contributed by atoms with Gasteiger partial charge in [0, 0.05) is 24.8 Å². The molecule has 0 saturated heterocycles. The van der Waals surface area contributed by atoms with Gasteiger partial charge in [0.05, 0.1) is 5.69 Å². The summed E-state index contributed by atoms with van der Waals surface area (Å²) in [7, 11) is 0. The smallest absolute Gasteiger partial charge is 0.146 e. The number of rotatable bonds is 1. The minimum Gasteiger partial charge on any atom is -0.398 e. The lowest BCUT2D eigenvalue weighted by Gasteiger charge is -2.18. The first-order valence-corrected chi connectivity index (χ1v) is 5.71. The van der Waals surface area contributed by atoms with Gasteiger partial charge in [-0.25, -0.2) is 8.78 Å². The van der Waals surface area contributed by atoms with Crippen molar-refractivity contribution in [1.82, 2.24) is 0 Å². The molecule has 0 aliphatic carbocycles. The van der Waals surface area contributed by atoms with Crippen LogP contribution in [0.1, 0.15) is 11.1 Å². The van der Waals surface area contributed by atoms with Crippen molar-refractivity contribution in [3.8, 4) is 0 Å². The van der Waals surface area contributed by atoms with Gasteiger partial charge in [0.15, 0.2) is 0 Å². The number of hydrogen-bond acceptors (Lipinski definition) is 2. The van der Waals surface area contributed by atoms with Crippen molar-refractivity contribution >= 4 is 11.4 Å². The molecule has 2 nitrogen and oxygen atoms in total. The second-order valence-electron chi connectivity index (χ2n) is 4.44. The molecule has 18 heavy (non-hydrogen) atoms. The van der Waals surface area contributed by atoms with E-state index in [2.05, 4.69) is 0 Å². The molecule has 2 aromatic carbocycles. The first-order valence-electron chi connectivity index (χ1n) is 5.71. The number of halogens is 2. The van der Waals surface area contributed by atoms with Crippen LogP contribution in [0.4, 0.5) is 20.2 Å². The van der Waals surface area contributed by atoms with Crippen molar-refractivity contribution in [3.05, 3.63) is 59.2 Å². The van der Waals surface area contributed by atoms with E-state index in [9.17, 15) is 8.78 Å². The lowest BCUT2D eigenvalue weighted by molar-refractivity contribution is 0.594. The normalized spacial score (nSPS) is 13.8. The van der Waals surface area contributed by atoms with E-state index in [1.54, 1.807) is 4.90 Å². The van der Waals surface area contributed by atoms with Crippen LogP contribution in [0.5, 0.6) is 0 Å². The highest BCUT2D eigenvalue weighted by molar-refractivity contribution is 5.60. The number of hydrogen-bond donors (Lipinski definition) is 1. The van der Waals surface area contributed by atoms with Crippen molar-refractivity contribution in [2.45, 2.75) is 13.1 Å². The monoisotopic (exact) mass is 246 g/mol. The molecule has 2 aromatic rings. The summed E-state index contributed by atoms with van der Waals surface area (Å²) in [6, 6.07) is 9.15. The van der Waals surface area contributed by atoms with Crippen LogP contribution in [0, 0.1) is 11.6 Å². The quantitative estimate of drug-likeness (QED) is 0.783. The zero-order chi connectivity index (χ0) is 12.7. The van der Waals surface area contributed by atoms with E-state index in [1.165, 1.54) is 6.07 Å². The Labute approximate surface area is 104 Å². The number of nitrogens with two attached hydrogens (primary N) is 1. The van der Waals surface area contributed by atoms with Gasteiger partial charge in [0.25, 0.3) is 0 Å². The molecule has 1 aliphatic rings. The molecule has 3 rings (SSSR count). The molecule has 0 saturated carbocycles. The highest BCUT2D eigenvalue weighted by Crippen LogP contribution is 2.32. The fourth-order valence-electron chi connectivity index (χ4n) is 2.35. The molecular weight excluding hydrogens is 234 g/mol. The van der Waals surface area contributed by atoms with Crippen LogP contribution < -0.4 is 10.6 Å². The molecule has 0 spiro atoms. The maximum atomic E-state index is 13.7. The Morgan fingerprint density at radius 3 is 2.67 bits per heavy atom. The molecule has 0 atom stereocenters. The van der Waals surface area contributed by atoms with Crippen LogP contribution in [0.25, 0.3) is 0 Å². The van der Waals surface area contributed by atoms with Crippen LogP contribution >= 0.6 is 0 Å². The van der Waals surface area contributed by atoms with Gasteiger partial charge in [-0.15, -0.1) is 0 Å². The first-order chi connectivity index (χ1) is 8.65. The zero-order valence-corrected chi connectivity index (χ0v) is 9.66. The van der Waals surface area contributed by atoms with Gasteiger partial charge in [0.1, 0.15) is 11.6 Å². The number of benzene rings is 2. The molecule has 0 radical (unpaired) electrons. The van der Waals surface area contributed by atoms with Gasteiger partial charge in [-0.1, -0.05) is 12.1 Å². The zero-order valence-electron chi connectivity index (χ0n) is 9.66. The Morgan fingerprint density at radius 1 is 1.06 bits per heavy atom. The molecule has 0 amide bonds. The van der Waals surface area contributed by atoms with E-state index in [0.717, 1.165) is 23.3 Å². The van der Waals surface area contributed by atoms with Crippen LogP contribution in [0.3, 0.4) is 0 Å². The summed E-state index contributed by atoms with van der Waals surface area (Å²) in [4.78, 5) is 1.79. The molecule has 1 heterocycles. The van der Waals surface area contributed by atoms with Crippen molar-refractivity contribution in [2.75, 3.05) is 10.6 Å². The second-order valence-corrected chi connectivity index (χ2v) is 4.44. The topological polar surface area (TPSA) is 29.3 Å². The summed E-state index contributed by atoms with van der Waals surface area (Å²) in [5.41, 5.74) is 8.94. The van der Waals surface area contributed by atoms with Crippen molar-refractivity contribution in [2.24, 2.45) is 0 Å². The number of nitrogens with zero attached hydrogens (tertiary/aromatic N) is 1. The minimum absolute atomic E-state index is 0.283. The fourth-order valence-corrected chi connectivity index (χ4v) is 2.35. The van der Waals surface area contributed by atoms with E-state index >= 15 is 0 Å². The first kappa shape index (κ1) is 11.0. The van der Waals surface area contributed by atoms with Crippen LogP contribution in [0.15, 0.2) is 36.4 Å². The maximum absolute atomic E-state index is 13.7. The standard InChI is InChI=1S/C14H12F2N2/c15-10-4-5-12(16)14(6-10)18-7-9-2-1-3-13(17)11(9)8-18/h1-6H,7-8,17H2. The average Bonchev–Trinajstić information content (AvgIpc) is 2.77. The van der Waals surface area contributed by atoms with Crippen LogP contribution in [-0.2, 0) is 13.1 Å². The van der Waals surface area contributed by atoms with E-state index in [4.69, 9.17) is 5.73 Å². The molecule has 0 bridgehead atoms. The summed E-state index contributed by atoms with van der Waals surface area (Å²) in [5.74, 6) is -0.849. The second kappa shape index (κ2) is 3.98. The Balaban J connectivity index is 1.99. The summed E-state index contributed by atoms with van der Waals surface area (Å²) < 4.78 is 26.9. The maximum Gasteiger partial charge on any atom is 0.146 e. The van der Waals surface area contributed by atoms with Gasteiger partial charge in [0.2, 0.25) is 0 Å². The van der Waals surface area contributed by atoms with Gasteiger partial charge in [-0.05, 0) is 29.3 Å². The molecule has 4 heteroatoms. The Bertz CT molecular complexity index is 611. The third-order valence-electron chi connectivity index (χ3n) is 3.27. The summed E-state index contributed by atoms with van der Waals surface area (Å²) >= 11 is 0. The Kier molecular flexibility index (Phi) is 2.44. The van der Waals surface area contributed by atoms with Crippen molar-refractivity contribution < 1.29 is 8.78 Å².